The first kappa shape index (κ1) is 11.5. The van der Waals surface area contributed by atoms with Crippen LogP contribution in [0.25, 0.3) is 0 Å². The van der Waals surface area contributed by atoms with Crippen molar-refractivity contribution in [3.63, 3.8) is 0 Å². The minimum Gasteiger partial charge on any atom is -0.301 e. The molecule has 0 fully saturated rings. The molecule has 0 saturated heterocycles. The van der Waals surface area contributed by atoms with Gasteiger partial charge in [0, 0.05) is 0 Å². The molecule has 0 aliphatic heterocycles. The molecular weight excluding hydrogens is 208 g/mol. The smallest absolute Gasteiger partial charge is 0.0574 e. The van der Waals surface area contributed by atoms with Crippen molar-refractivity contribution in [3.05, 3.63) is 60.2 Å². The molecule has 0 aliphatic rings. The molecule has 2 aromatic carbocycles. The molecule has 0 atom stereocenters. The molecule has 0 amide bonds. The van der Waals surface area contributed by atoms with E-state index in [2.05, 4.69) is 42.9 Å². The van der Waals surface area contributed by atoms with E-state index in [-0.39, 0.29) is 0 Å². The molecule has 0 aliphatic carbocycles. The highest BCUT2D eigenvalue weighted by Crippen LogP contribution is 2.23. The van der Waals surface area contributed by atoms with Crippen LogP contribution in [-0.4, -0.2) is 0 Å². The molecule has 2 nitrogen and oxygen atoms in total. The van der Waals surface area contributed by atoms with Crippen molar-refractivity contribution in [2.24, 2.45) is 0 Å². The third-order valence-electron chi connectivity index (χ3n) is 2.70. The highest BCUT2D eigenvalue weighted by atomic mass is 15.4. The molecule has 0 spiro atoms. The molecule has 0 saturated carbocycles. The SMILES string of the molecule is CC(C)c1ccccc1NNc1ccccc1. The van der Waals surface area contributed by atoms with Crippen molar-refractivity contribution in [2.45, 2.75) is 19.8 Å². The zero-order chi connectivity index (χ0) is 12.1. The summed E-state index contributed by atoms with van der Waals surface area (Å²) in [6, 6.07) is 18.5. The van der Waals surface area contributed by atoms with E-state index in [9.17, 15) is 0 Å². The second kappa shape index (κ2) is 5.39. The minimum atomic E-state index is 0.510. The number of para-hydroxylation sites is 2. The Balaban J connectivity index is 2.09. The van der Waals surface area contributed by atoms with Crippen LogP contribution in [0.1, 0.15) is 25.3 Å². The molecule has 0 radical (unpaired) electrons. The normalized spacial score (nSPS) is 10.3. The highest BCUT2D eigenvalue weighted by Gasteiger charge is 2.04. The summed E-state index contributed by atoms with van der Waals surface area (Å²) in [4.78, 5) is 0. The van der Waals surface area contributed by atoms with Gasteiger partial charge in [0.05, 0.1) is 11.4 Å². The lowest BCUT2D eigenvalue weighted by Gasteiger charge is -2.15. The fourth-order valence-corrected chi connectivity index (χ4v) is 1.78. The van der Waals surface area contributed by atoms with Gasteiger partial charge in [0.1, 0.15) is 0 Å². The van der Waals surface area contributed by atoms with Gasteiger partial charge in [0.2, 0.25) is 0 Å². The van der Waals surface area contributed by atoms with Crippen LogP contribution < -0.4 is 10.9 Å². The average Bonchev–Trinajstić information content (AvgIpc) is 2.38. The fourth-order valence-electron chi connectivity index (χ4n) is 1.78. The first-order chi connectivity index (χ1) is 8.27. The number of nitrogens with one attached hydrogen (secondary N) is 2. The van der Waals surface area contributed by atoms with Crippen molar-refractivity contribution >= 4 is 11.4 Å². The van der Waals surface area contributed by atoms with E-state index in [0.717, 1.165) is 11.4 Å². The Morgan fingerprint density at radius 2 is 1.41 bits per heavy atom. The first-order valence-corrected chi connectivity index (χ1v) is 5.93. The van der Waals surface area contributed by atoms with Gasteiger partial charge in [0.15, 0.2) is 0 Å². The van der Waals surface area contributed by atoms with E-state index in [1.54, 1.807) is 0 Å². The first-order valence-electron chi connectivity index (χ1n) is 5.93. The van der Waals surface area contributed by atoms with Gasteiger partial charge in [-0.15, -0.1) is 0 Å². The second-order valence-corrected chi connectivity index (χ2v) is 4.36. The largest absolute Gasteiger partial charge is 0.301 e. The number of hydrazine groups is 1. The summed E-state index contributed by atoms with van der Waals surface area (Å²) in [6.45, 7) is 4.39. The van der Waals surface area contributed by atoms with Crippen LogP contribution in [0.5, 0.6) is 0 Å². The van der Waals surface area contributed by atoms with Gasteiger partial charge in [-0.3, -0.25) is 0 Å². The van der Waals surface area contributed by atoms with Crippen LogP contribution in [0, 0.1) is 0 Å². The van der Waals surface area contributed by atoms with Crippen molar-refractivity contribution in [1.29, 1.82) is 0 Å². The number of benzene rings is 2. The zero-order valence-corrected chi connectivity index (χ0v) is 10.3. The van der Waals surface area contributed by atoms with Crippen LogP contribution >= 0.6 is 0 Å². The zero-order valence-electron chi connectivity index (χ0n) is 10.3. The Bertz CT molecular complexity index is 463. The Morgan fingerprint density at radius 3 is 2.12 bits per heavy atom. The van der Waals surface area contributed by atoms with Crippen LogP contribution in [0.2, 0.25) is 0 Å². The molecule has 2 aromatic rings. The fraction of sp³-hybridized carbons (Fsp3) is 0.200. The summed E-state index contributed by atoms with van der Waals surface area (Å²) in [7, 11) is 0. The maximum Gasteiger partial charge on any atom is 0.0574 e. The summed E-state index contributed by atoms with van der Waals surface area (Å²) in [6.07, 6.45) is 0. The Morgan fingerprint density at radius 1 is 0.765 bits per heavy atom. The van der Waals surface area contributed by atoms with Crippen molar-refractivity contribution < 1.29 is 0 Å². The van der Waals surface area contributed by atoms with E-state index in [1.807, 2.05) is 36.4 Å². The van der Waals surface area contributed by atoms with Gasteiger partial charge in [0.25, 0.3) is 0 Å². The van der Waals surface area contributed by atoms with Gasteiger partial charge in [-0.05, 0) is 29.7 Å². The second-order valence-electron chi connectivity index (χ2n) is 4.36. The Labute approximate surface area is 103 Å². The van der Waals surface area contributed by atoms with Gasteiger partial charge < -0.3 is 10.9 Å². The summed E-state index contributed by atoms with van der Waals surface area (Å²) in [5, 5.41) is 0. The average molecular weight is 226 g/mol. The van der Waals surface area contributed by atoms with Gasteiger partial charge >= 0.3 is 0 Å². The Kier molecular flexibility index (Phi) is 3.66. The molecule has 2 heteroatoms. The standard InChI is InChI=1S/C15H18N2/c1-12(2)14-10-6-7-11-15(14)17-16-13-8-4-3-5-9-13/h3-12,16-17H,1-2H3. The maximum absolute atomic E-state index is 3.26. The topological polar surface area (TPSA) is 24.1 Å². The van der Waals surface area contributed by atoms with E-state index in [4.69, 9.17) is 0 Å². The lowest BCUT2D eigenvalue weighted by atomic mass is 10.0. The van der Waals surface area contributed by atoms with Crippen LogP contribution in [0.15, 0.2) is 54.6 Å². The van der Waals surface area contributed by atoms with E-state index >= 15 is 0 Å². The highest BCUT2D eigenvalue weighted by molar-refractivity contribution is 5.57. The summed E-state index contributed by atoms with van der Waals surface area (Å²) in [5.74, 6) is 0.510. The van der Waals surface area contributed by atoms with Gasteiger partial charge in [-0.25, -0.2) is 0 Å². The molecule has 0 heterocycles. The van der Waals surface area contributed by atoms with Crippen molar-refractivity contribution in [1.82, 2.24) is 0 Å². The number of rotatable bonds is 4. The maximum atomic E-state index is 3.26. The third-order valence-corrected chi connectivity index (χ3v) is 2.70. The predicted molar refractivity (Wildman–Crippen MR) is 74.2 cm³/mol. The van der Waals surface area contributed by atoms with Crippen LogP contribution in [-0.2, 0) is 0 Å². The molecule has 0 unspecified atom stereocenters. The number of hydrogen-bond acceptors (Lipinski definition) is 2. The Hall–Kier alpha value is -1.96. The minimum absolute atomic E-state index is 0.510. The van der Waals surface area contributed by atoms with Crippen molar-refractivity contribution in [2.75, 3.05) is 10.9 Å². The van der Waals surface area contributed by atoms with E-state index in [1.165, 1.54) is 5.56 Å². The molecule has 0 bridgehead atoms. The van der Waals surface area contributed by atoms with Crippen LogP contribution in [0.4, 0.5) is 11.4 Å². The van der Waals surface area contributed by atoms with Gasteiger partial charge in [-0.2, -0.15) is 0 Å². The molecule has 2 N–H and O–H groups in total. The summed E-state index contributed by atoms with van der Waals surface area (Å²) in [5.41, 5.74) is 9.97. The predicted octanol–water partition coefficient (Wildman–Crippen LogP) is 4.25. The van der Waals surface area contributed by atoms with Crippen molar-refractivity contribution in [3.8, 4) is 0 Å². The van der Waals surface area contributed by atoms with E-state index in [0.29, 0.717) is 5.92 Å². The summed E-state index contributed by atoms with van der Waals surface area (Å²) < 4.78 is 0. The molecule has 17 heavy (non-hydrogen) atoms. The lowest BCUT2D eigenvalue weighted by molar-refractivity contribution is 0.868. The molecule has 2 rings (SSSR count). The monoisotopic (exact) mass is 226 g/mol. The molecule has 0 aromatic heterocycles. The molecule has 88 valence electrons. The quantitative estimate of drug-likeness (QED) is 0.761. The van der Waals surface area contributed by atoms with E-state index < -0.39 is 0 Å². The number of hydrogen-bond donors (Lipinski definition) is 2. The third kappa shape index (κ3) is 3.00. The lowest BCUT2D eigenvalue weighted by Crippen LogP contribution is -2.10. The van der Waals surface area contributed by atoms with Crippen LogP contribution in [0.3, 0.4) is 0 Å². The summed E-state index contributed by atoms with van der Waals surface area (Å²) >= 11 is 0. The van der Waals surface area contributed by atoms with Gasteiger partial charge in [-0.1, -0.05) is 50.2 Å². The number of anilines is 2. The molecular formula is C15H18N2.